The van der Waals surface area contributed by atoms with Crippen LogP contribution in [0.2, 0.25) is 0 Å². The van der Waals surface area contributed by atoms with Crippen LogP contribution >= 0.6 is 0 Å². The molecule has 2 unspecified atom stereocenters. The lowest BCUT2D eigenvalue weighted by Crippen LogP contribution is -2.44. The second kappa shape index (κ2) is 6.04. The maximum atomic E-state index is 5.62. The van der Waals surface area contributed by atoms with Crippen molar-refractivity contribution in [1.29, 1.82) is 0 Å². The van der Waals surface area contributed by atoms with Gasteiger partial charge in [-0.3, -0.25) is 0 Å². The van der Waals surface area contributed by atoms with E-state index in [9.17, 15) is 0 Å². The van der Waals surface area contributed by atoms with E-state index in [0.717, 1.165) is 30.9 Å². The summed E-state index contributed by atoms with van der Waals surface area (Å²) in [5, 5.41) is 3.70. The highest BCUT2D eigenvalue weighted by Crippen LogP contribution is 2.35. The van der Waals surface area contributed by atoms with Gasteiger partial charge in [0, 0.05) is 23.8 Å². The molecule has 0 aromatic heterocycles. The fraction of sp³-hybridized carbons (Fsp3) is 0.647. The Balaban J connectivity index is 1.56. The van der Waals surface area contributed by atoms with E-state index in [-0.39, 0.29) is 0 Å². The van der Waals surface area contributed by atoms with Crippen LogP contribution in [0.15, 0.2) is 24.3 Å². The van der Waals surface area contributed by atoms with Crippen molar-refractivity contribution in [2.45, 2.75) is 57.2 Å². The van der Waals surface area contributed by atoms with Crippen molar-refractivity contribution in [1.82, 2.24) is 4.90 Å². The summed E-state index contributed by atoms with van der Waals surface area (Å²) >= 11 is 0. The predicted octanol–water partition coefficient (Wildman–Crippen LogP) is 3.51. The number of anilines is 1. The van der Waals surface area contributed by atoms with Crippen molar-refractivity contribution in [2.75, 3.05) is 19.0 Å². The summed E-state index contributed by atoms with van der Waals surface area (Å²) in [6.07, 6.45) is 6.37. The predicted molar refractivity (Wildman–Crippen MR) is 83.4 cm³/mol. The van der Waals surface area contributed by atoms with Gasteiger partial charge in [-0.15, -0.1) is 0 Å². The number of hydrogen-bond acceptors (Lipinski definition) is 3. The SMILES string of the molecule is CCCOc1ccc(NC2CC3CCC(C2)N3C)cc1. The molecule has 2 aliphatic heterocycles. The standard InChI is InChI=1S/C17H26N2O/c1-3-10-20-17-8-4-13(5-9-17)18-14-11-15-6-7-16(12-14)19(15)2/h4-5,8-9,14-16,18H,3,6-7,10-12H2,1-2H3. The van der Waals surface area contributed by atoms with Gasteiger partial charge >= 0.3 is 0 Å². The number of ether oxygens (including phenoxy) is 1. The minimum absolute atomic E-state index is 0.631. The molecular weight excluding hydrogens is 248 g/mol. The molecule has 1 N–H and O–H groups in total. The molecule has 0 aliphatic carbocycles. The molecule has 20 heavy (non-hydrogen) atoms. The lowest BCUT2D eigenvalue weighted by molar-refractivity contribution is 0.169. The Labute approximate surface area is 122 Å². The van der Waals surface area contributed by atoms with Gasteiger partial charge in [-0.2, -0.15) is 0 Å². The molecule has 1 aromatic carbocycles. The third kappa shape index (κ3) is 2.93. The summed E-state index contributed by atoms with van der Waals surface area (Å²) in [6.45, 7) is 2.93. The van der Waals surface area contributed by atoms with Crippen LogP contribution in [0.1, 0.15) is 39.0 Å². The van der Waals surface area contributed by atoms with Crippen molar-refractivity contribution >= 4 is 5.69 Å². The lowest BCUT2D eigenvalue weighted by Gasteiger charge is -2.37. The molecule has 2 aliphatic rings. The number of benzene rings is 1. The molecule has 2 bridgehead atoms. The highest BCUT2D eigenvalue weighted by atomic mass is 16.5. The summed E-state index contributed by atoms with van der Waals surface area (Å²) in [7, 11) is 2.29. The van der Waals surface area contributed by atoms with Crippen LogP contribution in [0.4, 0.5) is 5.69 Å². The maximum Gasteiger partial charge on any atom is 0.119 e. The van der Waals surface area contributed by atoms with Gasteiger partial charge in [-0.05, 0) is 63.4 Å². The lowest BCUT2D eigenvalue weighted by atomic mass is 9.98. The normalized spacial score (nSPS) is 29.4. The van der Waals surface area contributed by atoms with Gasteiger partial charge in [0.15, 0.2) is 0 Å². The molecule has 3 nitrogen and oxygen atoms in total. The van der Waals surface area contributed by atoms with Gasteiger partial charge in [0.2, 0.25) is 0 Å². The van der Waals surface area contributed by atoms with Crippen LogP contribution in [0.3, 0.4) is 0 Å². The average molecular weight is 274 g/mol. The van der Waals surface area contributed by atoms with E-state index in [0.29, 0.717) is 6.04 Å². The van der Waals surface area contributed by atoms with Crippen molar-refractivity contribution in [3.63, 3.8) is 0 Å². The van der Waals surface area contributed by atoms with Crippen molar-refractivity contribution in [3.05, 3.63) is 24.3 Å². The molecule has 0 saturated carbocycles. The molecule has 1 aromatic rings. The van der Waals surface area contributed by atoms with Crippen LogP contribution in [-0.4, -0.2) is 36.7 Å². The number of nitrogens with one attached hydrogen (secondary N) is 1. The van der Waals surface area contributed by atoms with Gasteiger partial charge in [0.1, 0.15) is 5.75 Å². The third-order valence-electron chi connectivity index (χ3n) is 4.80. The molecule has 110 valence electrons. The Morgan fingerprint density at radius 1 is 1.15 bits per heavy atom. The average Bonchev–Trinajstić information content (AvgIpc) is 2.69. The van der Waals surface area contributed by atoms with Crippen molar-refractivity contribution in [3.8, 4) is 5.75 Å². The van der Waals surface area contributed by atoms with Crippen molar-refractivity contribution < 1.29 is 4.74 Å². The number of fused-ring (bicyclic) bond motifs is 2. The van der Waals surface area contributed by atoms with Crippen LogP contribution in [-0.2, 0) is 0 Å². The number of rotatable bonds is 5. The topological polar surface area (TPSA) is 24.5 Å². The first kappa shape index (κ1) is 13.7. The molecule has 2 saturated heterocycles. The van der Waals surface area contributed by atoms with Gasteiger partial charge in [0.25, 0.3) is 0 Å². The highest BCUT2D eigenvalue weighted by Gasteiger charge is 2.38. The summed E-state index contributed by atoms with van der Waals surface area (Å²) in [5.41, 5.74) is 1.22. The second-order valence-corrected chi connectivity index (χ2v) is 6.24. The fourth-order valence-corrected chi connectivity index (χ4v) is 3.63. The monoisotopic (exact) mass is 274 g/mol. The smallest absolute Gasteiger partial charge is 0.119 e. The van der Waals surface area contributed by atoms with E-state index in [1.54, 1.807) is 0 Å². The second-order valence-electron chi connectivity index (χ2n) is 6.24. The molecular formula is C17H26N2O. The minimum Gasteiger partial charge on any atom is -0.494 e. The Bertz CT molecular complexity index is 417. The van der Waals surface area contributed by atoms with E-state index in [4.69, 9.17) is 4.74 Å². The van der Waals surface area contributed by atoms with E-state index in [1.165, 1.54) is 31.4 Å². The first-order valence-corrected chi connectivity index (χ1v) is 7.97. The molecule has 2 heterocycles. The van der Waals surface area contributed by atoms with Gasteiger partial charge in [-0.25, -0.2) is 0 Å². The van der Waals surface area contributed by atoms with Crippen molar-refractivity contribution in [2.24, 2.45) is 0 Å². The summed E-state index contributed by atoms with van der Waals surface area (Å²) in [5.74, 6) is 0.973. The molecule has 0 spiro atoms. The first-order valence-electron chi connectivity index (χ1n) is 7.97. The fourth-order valence-electron chi connectivity index (χ4n) is 3.63. The number of hydrogen-bond donors (Lipinski definition) is 1. The molecule has 0 radical (unpaired) electrons. The van der Waals surface area contributed by atoms with Crippen LogP contribution in [0, 0.1) is 0 Å². The Kier molecular flexibility index (Phi) is 4.16. The maximum absolute atomic E-state index is 5.62. The Morgan fingerprint density at radius 3 is 2.40 bits per heavy atom. The first-order chi connectivity index (χ1) is 9.76. The van der Waals surface area contributed by atoms with Crippen LogP contribution < -0.4 is 10.1 Å². The zero-order valence-corrected chi connectivity index (χ0v) is 12.6. The van der Waals surface area contributed by atoms with E-state index in [2.05, 4.69) is 48.5 Å². The van der Waals surface area contributed by atoms with Gasteiger partial charge in [-0.1, -0.05) is 6.92 Å². The molecule has 0 amide bonds. The summed E-state index contributed by atoms with van der Waals surface area (Å²) < 4.78 is 5.62. The van der Waals surface area contributed by atoms with E-state index < -0.39 is 0 Å². The van der Waals surface area contributed by atoms with Crippen LogP contribution in [0.5, 0.6) is 5.75 Å². The molecule has 3 rings (SSSR count). The highest BCUT2D eigenvalue weighted by molar-refractivity contribution is 5.47. The third-order valence-corrected chi connectivity index (χ3v) is 4.80. The summed E-state index contributed by atoms with van der Waals surface area (Å²) in [4.78, 5) is 2.58. The molecule has 3 heteroatoms. The Hall–Kier alpha value is -1.22. The zero-order chi connectivity index (χ0) is 13.9. The number of piperidine rings is 1. The quantitative estimate of drug-likeness (QED) is 0.889. The van der Waals surface area contributed by atoms with E-state index in [1.807, 2.05) is 0 Å². The molecule has 2 fully saturated rings. The summed E-state index contributed by atoms with van der Waals surface area (Å²) in [6, 6.07) is 10.6. The number of nitrogens with zero attached hydrogens (tertiary/aromatic N) is 1. The zero-order valence-electron chi connectivity index (χ0n) is 12.6. The minimum atomic E-state index is 0.631. The largest absolute Gasteiger partial charge is 0.494 e. The van der Waals surface area contributed by atoms with Gasteiger partial charge < -0.3 is 15.0 Å². The Morgan fingerprint density at radius 2 is 1.80 bits per heavy atom. The van der Waals surface area contributed by atoms with E-state index >= 15 is 0 Å². The molecule has 2 atom stereocenters. The van der Waals surface area contributed by atoms with Gasteiger partial charge in [0.05, 0.1) is 6.61 Å². The van der Waals surface area contributed by atoms with Crippen LogP contribution in [0.25, 0.3) is 0 Å².